The molecule has 1 fully saturated rings. The number of aliphatic hydroxyl groups excluding tert-OH is 1. The van der Waals surface area contributed by atoms with Crippen LogP contribution in [0.2, 0.25) is 0 Å². The standard InChI is InChI=1S/C11H21NO/c1-3-4-5-7-10-8-6-9-12(2)11(10)13/h3,10-11,13H,1,4-9H2,2H3. The van der Waals surface area contributed by atoms with Gasteiger partial charge in [0.15, 0.2) is 0 Å². The Kier molecular flexibility index (Phi) is 4.46. The van der Waals surface area contributed by atoms with Crippen LogP contribution < -0.4 is 0 Å². The van der Waals surface area contributed by atoms with Gasteiger partial charge < -0.3 is 5.11 Å². The van der Waals surface area contributed by atoms with Crippen molar-refractivity contribution in [3.63, 3.8) is 0 Å². The summed E-state index contributed by atoms with van der Waals surface area (Å²) in [7, 11) is 2.00. The van der Waals surface area contributed by atoms with Crippen molar-refractivity contribution in [1.82, 2.24) is 4.90 Å². The minimum atomic E-state index is -0.210. The monoisotopic (exact) mass is 183 g/mol. The summed E-state index contributed by atoms with van der Waals surface area (Å²) in [5, 5.41) is 9.84. The summed E-state index contributed by atoms with van der Waals surface area (Å²) in [6.07, 6.45) is 7.54. The van der Waals surface area contributed by atoms with Gasteiger partial charge in [-0.15, -0.1) is 6.58 Å². The van der Waals surface area contributed by atoms with Gasteiger partial charge in [0.05, 0.1) is 0 Å². The number of hydrogen-bond acceptors (Lipinski definition) is 2. The van der Waals surface area contributed by atoms with Crippen LogP contribution in [0.1, 0.15) is 32.1 Å². The van der Waals surface area contributed by atoms with Crippen molar-refractivity contribution in [2.45, 2.75) is 38.3 Å². The molecule has 0 aromatic rings. The van der Waals surface area contributed by atoms with E-state index < -0.39 is 0 Å². The molecule has 76 valence electrons. The highest BCUT2D eigenvalue weighted by Gasteiger charge is 2.26. The lowest BCUT2D eigenvalue weighted by Crippen LogP contribution is -2.42. The maximum Gasteiger partial charge on any atom is 0.109 e. The third kappa shape index (κ3) is 3.12. The van der Waals surface area contributed by atoms with E-state index in [9.17, 15) is 5.11 Å². The highest BCUT2D eigenvalue weighted by molar-refractivity contribution is 4.76. The number of allylic oxidation sites excluding steroid dienone is 1. The second-order valence-corrected chi connectivity index (χ2v) is 4.02. The molecule has 0 spiro atoms. The molecule has 0 aliphatic carbocycles. The topological polar surface area (TPSA) is 23.5 Å². The Morgan fingerprint density at radius 1 is 1.62 bits per heavy atom. The molecular formula is C11H21NO. The zero-order valence-electron chi connectivity index (χ0n) is 8.58. The smallest absolute Gasteiger partial charge is 0.109 e. The molecule has 0 saturated carbocycles. The van der Waals surface area contributed by atoms with Gasteiger partial charge in [0.1, 0.15) is 6.23 Å². The first kappa shape index (κ1) is 10.7. The molecule has 0 amide bonds. The summed E-state index contributed by atoms with van der Waals surface area (Å²) in [5.74, 6) is 0.485. The Bertz CT molecular complexity index is 158. The summed E-state index contributed by atoms with van der Waals surface area (Å²) < 4.78 is 0. The number of piperidine rings is 1. The van der Waals surface area contributed by atoms with E-state index >= 15 is 0 Å². The maximum absolute atomic E-state index is 9.84. The first-order valence-corrected chi connectivity index (χ1v) is 5.25. The van der Waals surface area contributed by atoms with Gasteiger partial charge in [-0.3, -0.25) is 4.90 Å². The molecule has 2 heteroatoms. The zero-order valence-corrected chi connectivity index (χ0v) is 8.58. The minimum Gasteiger partial charge on any atom is -0.378 e. The minimum absolute atomic E-state index is 0.210. The highest BCUT2D eigenvalue weighted by Crippen LogP contribution is 2.25. The normalized spacial score (nSPS) is 30.3. The Labute approximate surface area is 81.2 Å². The summed E-state index contributed by atoms with van der Waals surface area (Å²) >= 11 is 0. The first-order valence-electron chi connectivity index (χ1n) is 5.25. The molecule has 1 N–H and O–H groups in total. The van der Waals surface area contributed by atoms with Gasteiger partial charge in [-0.1, -0.05) is 6.08 Å². The van der Waals surface area contributed by atoms with E-state index in [-0.39, 0.29) is 6.23 Å². The van der Waals surface area contributed by atoms with Crippen molar-refractivity contribution in [2.24, 2.45) is 5.92 Å². The molecule has 1 aliphatic heterocycles. The van der Waals surface area contributed by atoms with Gasteiger partial charge >= 0.3 is 0 Å². The van der Waals surface area contributed by atoms with Crippen LogP contribution in [0.3, 0.4) is 0 Å². The fraction of sp³-hybridized carbons (Fsp3) is 0.818. The number of rotatable bonds is 4. The Morgan fingerprint density at radius 2 is 2.38 bits per heavy atom. The van der Waals surface area contributed by atoms with Crippen LogP contribution in [0, 0.1) is 5.92 Å². The average molecular weight is 183 g/mol. The lowest BCUT2D eigenvalue weighted by Gasteiger charge is -2.35. The number of aliphatic hydroxyl groups is 1. The third-order valence-electron chi connectivity index (χ3n) is 2.94. The van der Waals surface area contributed by atoms with E-state index in [1.165, 1.54) is 19.3 Å². The van der Waals surface area contributed by atoms with E-state index in [0.717, 1.165) is 19.4 Å². The molecule has 2 atom stereocenters. The molecular weight excluding hydrogens is 162 g/mol. The molecule has 1 aliphatic rings. The molecule has 0 radical (unpaired) electrons. The third-order valence-corrected chi connectivity index (χ3v) is 2.94. The average Bonchev–Trinajstić information content (AvgIpc) is 2.13. The zero-order chi connectivity index (χ0) is 9.68. The fourth-order valence-corrected chi connectivity index (χ4v) is 2.06. The number of likely N-dealkylation sites (tertiary alicyclic amines) is 1. The van der Waals surface area contributed by atoms with E-state index in [4.69, 9.17) is 0 Å². The van der Waals surface area contributed by atoms with Crippen LogP contribution in [0.5, 0.6) is 0 Å². The summed E-state index contributed by atoms with van der Waals surface area (Å²) in [6.45, 7) is 4.75. The number of hydrogen-bond donors (Lipinski definition) is 1. The molecule has 2 unspecified atom stereocenters. The van der Waals surface area contributed by atoms with Gasteiger partial charge in [0.25, 0.3) is 0 Å². The highest BCUT2D eigenvalue weighted by atomic mass is 16.3. The fourth-order valence-electron chi connectivity index (χ4n) is 2.06. The Balaban J connectivity index is 2.26. The van der Waals surface area contributed by atoms with Crippen molar-refractivity contribution in [1.29, 1.82) is 0 Å². The van der Waals surface area contributed by atoms with Crippen LogP contribution in [0.15, 0.2) is 12.7 Å². The van der Waals surface area contributed by atoms with Gasteiger partial charge in [0.2, 0.25) is 0 Å². The molecule has 1 saturated heterocycles. The predicted octanol–water partition coefficient (Wildman–Crippen LogP) is 2.00. The molecule has 2 nitrogen and oxygen atoms in total. The van der Waals surface area contributed by atoms with Gasteiger partial charge in [0, 0.05) is 6.54 Å². The van der Waals surface area contributed by atoms with Crippen molar-refractivity contribution >= 4 is 0 Å². The number of unbranched alkanes of at least 4 members (excludes halogenated alkanes) is 1. The molecule has 1 rings (SSSR count). The lowest BCUT2D eigenvalue weighted by atomic mass is 9.91. The second-order valence-electron chi connectivity index (χ2n) is 4.02. The largest absolute Gasteiger partial charge is 0.378 e. The first-order chi connectivity index (χ1) is 6.25. The van der Waals surface area contributed by atoms with Gasteiger partial charge in [-0.2, -0.15) is 0 Å². The molecule has 0 aromatic heterocycles. The van der Waals surface area contributed by atoms with E-state index in [1.807, 2.05) is 13.1 Å². The number of nitrogens with zero attached hydrogens (tertiary/aromatic N) is 1. The van der Waals surface area contributed by atoms with Crippen molar-refractivity contribution in [3.8, 4) is 0 Å². The summed E-state index contributed by atoms with van der Waals surface area (Å²) in [4.78, 5) is 2.06. The molecule has 1 heterocycles. The van der Waals surface area contributed by atoms with E-state index in [1.54, 1.807) is 0 Å². The van der Waals surface area contributed by atoms with Crippen molar-refractivity contribution < 1.29 is 5.11 Å². The molecule has 13 heavy (non-hydrogen) atoms. The van der Waals surface area contributed by atoms with Crippen LogP contribution >= 0.6 is 0 Å². The van der Waals surface area contributed by atoms with Crippen LogP contribution in [0.4, 0.5) is 0 Å². The molecule has 0 bridgehead atoms. The van der Waals surface area contributed by atoms with E-state index in [2.05, 4.69) is 11.5 Å². The predicted molar refractivity (Wildman–Crippen MR) is 55.4 cm³/mol. The SMILES string of the molecule is C=CCCCC1CCCN(C)C1O. The maximum atomic E-state index is 9.84. The van der Waals surface area contributed by atoms with Crippen LogP contribution in [0.25, 0.3) is 0 Å². The Hall–Kier alpha value is -0.340. The lowest BCUT2D eigenvalue weighted by molar-refractivity contribution is -0.0538. The van der Waals surface area contributed by atoms with Crippen molar-refractivity contribution in [3.05, 3.63) is 12.7 Å². The summed E-state index contributed by atoms with van der Waals surface area (Å²) in [6, 6.07) is 0. The van der Waals surface area contributed by atoms with E-state index in [0.29, 0.717) is 5.92 Å². The molecule has 0 aromatic carbocycles. The van der Waals surface area contributed by atoms with Gasteiger partial charge in [-0.25, -0.2) is 0 Å². The quantitative estimate of drug-likeness (QED) is 0.532. The van der Waals surface area contributed by atoms with Crippen molar-refractivity contribution in [2.75, 3.05) is 13.6 Å². The van der Waals surface area contributed by atoms with Gasteiger partial charge in [-0.05, 0) is 45.1 Å². The second kappa shape index (κ2) is 5.40. The Morgan fingerprint density at radius 3 is 3.08 bits per heavy atom. The summed E-state index contributed by atoms with van der Waals surface area (Å²) in [5.41, 5.74) is 0. The van der Waals surface area contributed by atoms with Crippen LogP contribution in [-0.4, -0.2) is 29.8 Å². The van der Waals surface area contributed by atoms with Crippen LogP contribution in [-0.2, 0) is 0 Å².